The molecular formula is C11H16O3. The molecule has 0 unspecified atom stereocenters. The predicted molar refractivity (Wildman–Crippen MR) is 50.7 cm³/mol. The van der Waals surface area contributed by atoms with Crippen molar-refractivity contribution in [2.24, 2.45) is 22.7 Å². The quantitative estimate of drug-likeness (QED) is 0.694. The molecule has 0 aromatic carbocycles. The molecular weight excluding hydrogens is 180 g/mol. The van der Waals surface area contributed by atoms with Crippen molar-refractivity contribution >= 4 is 11.8 Å². The Balaban J connectivity index is 2.41. The summed E-state index contributed by atoms with van der Waals surface area (Å²) in [7, 11) is 0. The van der Waals surface area contributed by atoms with Crippen molar-refractivity contribution in [2.45, 2.75) is 33.6 Å². The zero-order valence-corrected chi connectivity index (χ0v) is 8.83. The summed E-state index contributed by atoms with van der Waals surface area (Å²) >= 11 is 0. The summed E-state index contributed by atoms with van der Waals surface area (Å²) < 4.78 is 0. The van der Waals surface area contributed by atoms with Gasteiger partial charge < -0.3 is 5.11 Å². The van der Waals surface area contributed by atoms with Gasteiger partial charge in [0.2, 0.25) is 0 Å². The summed E-state index contributed by atoms with van der Waals surface area (Å²) in [6, 6.07) is 0. The maximum Gasteiger partial charge on any atom is 0.307 e. The highest BCUT2D eigenvalue weighted by molar-refractivity contribution is 5.99. The number of ketones is 1. The second-order valence-corrected chi connectivity index (χ2v) is 5.50. The van der Waals surface area contributed by atoms with Crippen LogP contribution in [0.5, 0.6) is 0 Å². The van der Waals surface area contributed by atoms with Crippen molar-refractivity contribution in [2.75, 3.05) is 0 Å². The lowest BCUT2D eigenvalue weighted by Crippen LogP contribution is -2.32. The maximum atomic E-state index is 11.8. The number of aliphatic carboxylic acids is 1. The van der Waals surface area contributed by atoms with Gasteiger partial charge in [-0.2, -0.15) is 0 Å². The van der Waals surface area contributed by atoms with Crippen LogP contribution >= 0.6 is 0 Å². The third-order valence-electron chi connectivity index (χ3n) is 4.02. The van der Waals surface area contributed by atoms with E-state index in [4.69, 9.17) is 5.11 Å². The first kappa shape index (κ1) is 9.69. The molecule has 3 heteroatoms. The van der Waals surface area contributed by atoms with Crippen molar-refractivity contribution in [1.82, 2.24) is 0 Å². The fourth-order valence-corrected chi connectivity index (χ4v) is 3.54. The lowest BCUT2D eigenvalue weighted by Gasteiger charge is -2.29. The van der Waals surface area contributed by atoms with Crippen LogP contribution in [0, 0.1) is 22.7 Å². The van der Waals surface area contributed by atoms with Gasteiger partial charge in [-0.3, -0.25) is 9.59 Å². The van der Waals surface area contributed by atoms with Gasteiger partial charge in [0.05, 0.1) is 11.3 Å². The van der Waals surface area contributed by atoms with Crippen LogP contribution in [0.2, 0.25) is 0 Å². The number of carbonyl (C=O) groups excluding carboxylic acids is 1. The molecule has 2 fully saturated rings. The van der Waals surface area contributed by atoms with Crippen LogP contribution < -0.4 is 0 Å². The van der Waals surface area contributed by atoms with Crippen molar-refractivity contribution in [3.63, 3.8) is 0 Å². The van der Waals surface area contributed by atoms with E-state index in [1.165, 1.54) is 0 Å². The smallest absolute Gasteiger partial charge is 0.307 e. The number of carbonyl (C=O) groups is 2. The number of fused-ring (bicyclic) bond motifs is 1. The molecule has 0 heterocycles. The molecule has 2 saturated carbocycles. The summed E-state index contributed by atoms with van der Waals surface area (Å²) in [5.41, 5.74) is -0.757. The van der Waals surface area contributed by atoms with E-state index in [-0.39, 0.29) is 17.1 Å². The van der Waals surface area contributed by atoms with E-state index in [0.29, 0.717) is 6.42 Å². The van der Waals surface area contributed by atoms with Gasteiger partial charge in [0.1, 0.15) is 5.78 Å². The molecule has 0 amide bonds. The van der Waals surface area contributed by atoms with Crippen LogP contribution in [0.3, 0.4) is 0 Å². The Morgan fingerprint density at radius 3 is 2.36 bits per heavy atom. The van der Waals surface area contributed by atoms with Gasteiger partial charge in [-0.15, -0.1) is 0 Å². The molecule has 2 aliphatic carbocycles. The van der Waals surface area contributed by atoms with Gasteiger partial charge in [0.25, 0.3) is 0 Å². The first-order chi connectivity index (χ1) is 6.33. The first-order valence-corrected chi connectivity index (χ1v) is 5.09. The molecule has 0 aromatic rings. The maximum absolute atomic E-state index is 11.8. The van der Waals surface area contributed by atoms with Gasteiger partial charge in [-0.05, 0) is 17.8 Å². The SMILES string of the molecule is CC(C)(C)[C@]12C(=O)CC[C@@H]1[C@@H]2C(=O)O. The molecule has 0 spiro atoms. The van der Waals surface area contributed by atoms with Gasteiger partial charge in [0, 0.05) is 6.42 Å². The van der Waals surface area contributed by atoms with Crippen molar-refractivity contribution in [3.8, 4) is 0 Å². The van der Waals surface area contributed by atoms with Crippen LogP contribution in [-0.2, 0) is 9.59 Å². The molecule has 14 heavy (non-hydrogen) atoms. The molecule has 1 N–H and O–H groups in total. The fourth-order valence-electron chi connectivity index (χ4n) is 3.54. The zero-order chi connectivity index (χ0) is 10.7. The molecule has 0 aliphatic heterocycles. The van der Waals surface area contributed by atoms with E-state index in [9.17, 15) is 9.59 Å². The third-order valence-corrected chi connectivity index (χ3v) is 4.02. The van der Waals surface area contributed by atoms with Gasteiger partial charge in [0.15, 0.2) is 0 Å². The molecule has 3 atom stereocenters. The monoisotopic (exact) mass is 196 g/mol. The number of hydrogen-bond donors (Lipinski definition) is 1. The summed E-state index contributed by atoms with van der Waals surface area (Å²) in [5.74, 6) is -0.934. The lowest BCUT2D eigenvalue weighted by atomic mass is 9.73. The number of carboxylic acids is 1. The van der Waals surface area contributed by atoms with E-state index >= 15 is 0 Å². The number of hydrogen-bond acceptors (Lipinski definition) is 2. The number of carboxylic acid groups (broad SMARTS) is 1. The topological polar surface area (TPSA) is 54.4 Å². The van der Waals surface area contributed by atoms with E-state index in [2.05, 4.69) is 0 Å². The average molecular weight is 196 g/mol. The Labute approximate surface area is 83.5 Å². The Morgan fingerprint density at radius 2 is 2.07 bits per heavy atom. The Bertz CT molecular complexity index is 313. The largest absolute Gasteiger partial charge is 0.481 e. The van der Waals surface area contributed by atoms with Crippen LogP contribution in [-0.4, -0.2) is 16.9 Å². The minimum atomic E-state index is -0.794. The standard InChI is InChI=1S/C11H16O3/c1-10(2,3)11-6(4-5-7(11)12)8(11)9(13)14/h6,8H,4-5H2,1-3H3,(H,13,14)/t6-,8-,11+/m1/s1. The van der Waals surface area contributed by atoms with Crippen molar-refractivity contribution < 1.29 is 14.7 Å². The highest BCUT2D eigenvalue weighted by atomic mass is 16.4. The average Bonchev–Trinajstić information content (AvgIpc) is 2.59. The molecule has 2 aliphatic rings. The minimum Gasteiger partial charge on any atom is -0.481 e. The van der Waals surface area contributed by atoms with Crippen molar-refractivity contribution in [1.29, 1.82) is 0 Å². The van der Waals surface area contributed by atoms with E-state index in [1.54, 1.807) is 0 Å². The van der Waals surface area contributed by atoms with Gasteiger partial charge >= 0.3 is 5.97 Å². The highest BCUT2D eigenvalue weighted by Crippen LogP contribution is 2.73. The Hall–Kier alpha value is -0.860. The van der Waals surface area contributed by atoms with Crippen LogP contribution in [0.25, 0.3) is 0 Å². The van der Waals surface area contributed by atoms with E-state index in [1.807, 2.05) is 20.8 Å². The first-order valence-electron chi connectivity index (χ1n) is 5.09. The Morgan fingerprint density at radius 1 is 1.50 bits per heavy atom. The van der Waals surface area contributed by atoms with E-state index in [0.717, 1.165) is 6.42 Å². The zero-order valence-electron chi connectivity index (χ0n) is 8.83. The molecule has 0 aromatic heterocycles. The number of rotatable bonds is 1. The second-order valence-electron chi connectivity index (χ2n) is 5.50. The summed E-state index contributed by atoms with van der Waals surface area (Å²) in [6.07, 6.45) is 1.35. The Kier molecular flexibility index (Phi) is 1.65. The highest BCUT2D eigenvalue weighted by Gasteiger charge is 2.78. The van der Waals surface area contributed by atoms with E-state index < -0.39 is 17.3 Å². The van der Waals surface area contributed by atoms with Gasteiger partial charge in [-0.1, -0.05) is 20.8 Å². The molecule has 0 saturated heterocycles. The number of Topliss-reactive ketones (excluding diaryl/α,β-unsaturated/α-hetero) is 1. The van der Waals surface area contributed by atoms with Crippen LogP contribution in [0.15, 0.2) is 0 Å². The summed E-state index contributed by atoms with van der Waals surface area (Å²) in [4.78, 5) is 22.9. The molecule has 78 valence electrons. The molecule has 2 rings (SSSR count). The molecule has 0 radical (unpaired) electrons. The summed E-state index contributed by atoms with van der Waals surface area (Å²) in [6.45, 7) is 5.94. The van der Waals surface area contributed by atoms with Crippen LogP contribution in [0.1, 0.15) is 33.6 Å². The van der Waals surface area contributed by atoms with Crippen LogP contribution in [0.4, 0.5) is 0 Å². The lowest BCUT2D eigenvalue weighted by molar-refractivity contribution is -0.143. The normalized spacial score (nSPS) is 40.9. The third kappa shape index (κ3) is 0.830. The summed E-state index contributed by atoms with van der Waals surface area (Å²) in [5, 5.41) is 9.05. The fraction of sp³-hybridized carbons (Fsp3) is 0.818. The van der Waals surface area contributed by atoms with Gasteiger partial charge in [-0.25, -0.2) is 0 Å². The minimum absolute atomic E-state index is 0.104. The second kappa shape index (κ2) is 2.38. The predicted octanol–water partition coefficient (Wildman–Crippen LogP) is 1.71. The molecule has 3 nitrogen and oxygen atoms in total. The van der Waals surface area contributed by atoms with Crippen molar-refractivity contribution in [3.05, 3.63) is 0 Å². The molecule has 0 bridgehead atoms.